The predicted molar refractivity (Wildman–Crippen MR) is 99.6 cm³/mol. The fourth-order valence-electron chi connectivity index (χ4n) is 3.17. The van der Waals surface area contributed by atoms with Gasteiger partial charge in [0.2, 0.25) is 5.91 Å². The number of carbonyl (C=O) groups excluding carboxylic acids is 1. The number of amides is 1. The molecule has 2 aromatic carbocycles. The summed E-state index contributed by atoms with van der Waals surface area (Å²) in [6.45, 7) is 1.84. The van der Waals surface area contributed by atoms with Crippen LogP contribution in [0.4, 0.5) is 10.8 Å². The van der Waals surface area contributed by atoms with Gasteiger partial charge in [-0.1, -0.05) is 41.7 Å². The lowest BCUT2D eigenvalue weighted by Gasteiger charge is -2.32. The minimum Gasteiger partial charge on any atom is -0.371 e. The van der Waals surface area contributed by atoms with Crippen LogP contribution in [0.1, 0.15) is 12.8 Å². The summed E-state index contributed by atoms with van der Waals surface area (Å²) in [5, 5.41) is 3.71. The molecule has 0 atom stereocenters. The van der Waals surface area contributed by atoms with Gasteiger partial charge >= 0.3 is 0 Å². The summed E-state index contributed by atoms with van der Waals surface area (Å²) in [6.07, 6.45) is 1.76. The van der Waals surface area contributed by atoms with Crippen LogP contribution in [-0.4, -0.2) is 24.0 Å². The van der Waals surface area contributed by atoms with Gasteiger partial charge in [0.05, 0.1) is 10.2 Å². The Morgan fingerprint density at radius 1 is 1.04 bits per heavy atom. The Labute approximate surface area is 145 Å². The van der Waals surface area contributed by atoms with E-state index in [4.69, 9.17) is 0 Å². The summed E-state index contributed by atoms with van der Waals surface area (Å²) < 4.78 is 1.10. The van der Waals surface area contributed by atoms with Crippen molar-refractivity contribution in [1.82, 2.24) is 4.98 Å². The van der Waals surface area contributed by atoms with Gasteiger partial charge in [-0.05, 0) is 37.1 Å². The first kappa shape index (κ1) is 15.1. The van der Waals surface area contributed by atoms with Gasteiger partial charge in [0.15, 0.2) is 5.13 Å². The number of carbonyl (C=O) groups is 1. The van der Waals surface area contributed by atoms with Crippen molar-refractivity contribution < 1.29 is 4.79 Å². The Morgan fingerprint density at radius 2 is 1.75 bits per heavy atom. The molecule has 2 heterocycles. The molecule has 0 saturated carbocycles. The maximum atomic E-state index is 12.5. The van der Waals surface area contributed by atoms with E-state index in [1.165, 1.54) is 17.0 Å². The van der Waals surface area contributed by atoms with Crippen LogP contribution in [-0.2, 0) is 4.79 Å². The SMILES string of the molecule is O=C(Nc1nc2ccccc2s1)C1CCN(c2ccccc2)CC1. The molecule has 0 bridgehead atoms. The van der Waals surface area contributed by atoms with Gasteiger partial charge in [0.25, 0.3) is 0 Å². The predicted octanol–water partition coefficient (Wildman–Crippen LogP) is 4.15. The van der Waals surface area contributed by atoms with E-state index in [-0.39, 0.29) is 11.8 Å². The maximum Gasteiger partial charge on any atom is 0.229 e. The number of hydrogen-bond donors (Lipinski definition) is 1. The Bertz CT molecular complexity index is 805. The third-order valence-electron chi connectivity index (χ3n) is 4.51. The molecule has 1 aliphatic heterocycles. The van der Waals surface area contributed by atoms with Gasteiger partial charge in [-0.15, -0.1) is 0 Å². The molecule has 0 radical (unpaired) electrons. The van der Waals surface area contributed by atoms with E-state index in [9.17, 15) is 4.79 Å². The standard InChI is InChI=1S/C19H19N3OS/c23-18(21-19-20-16-8-4-5-9-17(16)24-19)14-10-12-22(13-11-14)15-6-2-1-3-7-15/h1-9,14H,10-13H2,(H,20,21,23). The molecule has 122 valence electrons. The number of fused-ring (bicyclic) bond motifs is 1. The Balaban J connectivity index is 1.37. The lowest BCUT2D eigenvalue weighted by Crippen LogP contribution is -2.38. The second-order valence-electron chi connectivity index (χ2n) is 6.07. The molecule has 0 spiro atoms. The fraction of sp³-hybridized carbons (Fsp3) is 0.263. The van der Waals surface area contributed by atoms with E-state index in [0.717, 1.165) is 36.1 Å². The minimum absolute atomic E-state index is 0.0666. The van der Waals surface area contributed by atoms with E-state index >= 15 is 0 Å². The molecule has 4 rings (SSSR count). The van der Waals surface area contributed by atoms with Crippen LogP contribution in [0.15, 0.2) is 54.6 Å². The van der Waals surface area contributed by atoms with Crippen molar-refractivity contribution >= 4 is 38.3 Å². The largest absolute Gasteiger partial charge is 0.371 e. The Hall–Kier alpha value is -2.40. The molecule has 1 amide bonds. The number of aromatic nitrogens is 1. The number of benzene rings is 2. The third-order valence-corrected chi connectivity index (χ3v) is 5.46. The molecule has 5 heteroatoms. The number of nitrogens with zero attached hydrogens (tertiary/aromatic N) is 2. The van der Waals surface area contributed by atoms with Crippen molar-refractivity contribution in [3.05, 3.63) is 54.6 Å². The van der Waals surface area contributed by atoms with Crippen molar-refractivity contribution in [1.29, 1.82) is 0 Å². The highest BCUT2D eigenvalue weighted by molar-refractivity contribution is 7.22. The zero-order valence-corrected chi connectivity index (χ0v) is 14.1. The molecule has 1 N–H and O–H groups in total. The highest BCUT2D eigenvalue weighted by Crippen LogP contribution is 2.28. The summed E-state index contributed by atoms with van der Waals surface area (Å²) in [6, 6.07) is 18.4. The van der Waals surface area contributed by atoms with Gasteiger partial charge in [0, 0.05) is 24.7 Å². The second-order valence-corrected chi connectivity index (χ2v) is 7.10. The van der Waals surface area contributed by atoms with E-state index in [1.54, 1.807) is 0 Å². The molecule has 0 aliphatic carbocycles. The highest BCUT2D eigenvalue weighted by atomic mass is 32.1. The zero-order chi connectivity index (χ0) is 16.4. The van der Waals surface area contributed by atoms with Crippen LogP contribution in [0.5, 0.6) is 0 Å². The third kappa shape index (κ3) is 3.12. The van der Waals surface area contributed by atoms with Crippen molar-refractivity contribution in [2.45, 2.75) is 12.8 Å². The van der Waals surface area contributed by atoms with Gasteiger partial charge < -0.3 is 10.2 Å². The van der Waals surface area contributed by atoms with Crippen molar-refractivity contribution in [3.8, 4) is 0 Å². The molecular weight excluding hydrogens is 318 g/mol. The van der Waals surface area contributed by atoms with Gasteiger partial charge in [0.1, 0.15) is 0 Å². The van der Waals surface area contributed by atoms with Crippen LogP contribution >= 0.6 is 11.3 Å². The second kappa shape index (κ2) is 6.61. The number of hydrogen-bond acceptors (Lipinski definition) is 4. The van der Waals surface area contributed by atoms with Gasteiger partial charge in [-0.2, -0.15) is 0 Å². The molecule has 3 aromatic rings. The lowest BCUT2D eigenvalue weighted by molar-refractivity contribution is -0.120. The first-order valence-corrected chi connectivity index (χ1v) is 9.08. The zero-order valence-electron chi connectivity index (χ0n) is 13.3. The normalized spacial score (nSPS) is 15.6. The average molecular weight is 337 g/mol. The van der Waals surface area contributed by atoms with Crippen LogP contribution in [0.2, 0.25) is 0 Å². The molecule has 0 unspecified atom stereocenters. The lowest BCUT2D eigenvalue weighted by atomic mass is 9.95. The van der Waals surface area contributed by atoms with Crippen LogP contribution < -0.4 is 10.2 Å². The maximum absolute atomic E-state index is 12.5. The number of piperidine rings is 1. The number of rotatable bonds is 3. The summed E-state index contributed by atoms with van der Waals surface area (Å²) in [5.41, 5.74) is 2.18. The summed E-state index contributed by atoms with van der Waals surface area (Å²) in [7, 11) is 0. The van der Waals surface area contributed by atoms with Crippen molar-refractivity contribution in [3.63, 3.8) is 0 Å². The number of nitrogens with one attached hydrogen (secondary N) is 1. The number of para-hydroxylation sites is 2. The fourth-order valence-corrected chi connectivity index (χ4v) is 4.04. The molecule has 24 heavy (non-hydrogen) atoms. The van der Waals surface area contributed by atoms with E-state index in [2.05, 4.69) is 39.5 Å². The number of anilines is 2. The first-order chi connectivity index (χ1) is 11.8. The van der Waals surface area contributed by atoms with Crippen LogP contribution in [0, 0.1) is 5.92 Å². The summed E-state index contributed by atoms with van der Waals surface area (Å²) >= 11 is 1.53. The minimum atomic E-state index is 0.0666. The molecule has 1 saturated heterocycles. The Morgan fingerprint density at radius 3 is 2.50 bits per heavy atom. The van der Waals surface area contributed by atoms with Gasteiger partial charge in [-0.3, -0.25) is 4.79 Å². The Kier molecular flexibility index (Phi) is 4.17. The monoisotopic (exact) mass is 337 g/mol. The van der Waals surface area contributed by atoms with Crippen molar-refractivity contribution in [2.75, 3.05) is 23.3 Å². The van der Waals surface area contributed by atoms with Gasteiger partial charge in [-0.25, -0.2) is 4.98 Å². The summed E-state index contributed by atoms with van der Waals surface area (Å²) in [5.74, 6) is 0.166. The quantitative estimate of drug-likeness (QED) is 0.781. The average Bonchev–Trinajstić information content (AvgIpc) is 3.05. The van der Waals surface area contributed by atoms with Crippen LogP contribution in [0.3, 0.4) is 0 Å². The molecule has 1 aliphatic rings. The molecule has 4 nitrogen and oxygen atoms in total. The topological polar surface area (TPSA) is 45.2 Å². The van der Waals surface area contributed by atoms with E-state index in [0.29, 0.717) is 5.13 Å². The number of thiazole rings is 1. The summed E-state index contributed by atoms with van der Waals surface area (Å²) in [4.78, 5) is 19.4. The molecule has 1 aromatic heterocycles. The van der Waals surface area contributed by atoms with E-state index in [1.807, 2.05) is 30.3 Å². The highest BCUT2D eigenvalue weighted by Gasteiger charge is 2.25. The van der Waals surface area contributed by atoms with Crippen LogP contribution in [0.25, 0.3) is 10.2 Å². The molecular formula is C19H19N3OS. The smallest absolute Gasteiger partial charge is 0.229 e. The van der Waals surface area contributed by atoms with Crippen molar-refractivity contribution in [2.24, 2.45) is 5.92 Å². The molecule has 1 fully saturated rings. The first-order valence-electron chi connectivity index (χ1n) is 8.26. The van der Waals surface area contributed by atoms with E-state index < -0.39 is 0 Å².